The highest BCUT2D eigenvalue weighted by Gasteiger charge is 2.17. The minimum absolute atomic E-state index is 0.575. The molecule has 0 saturated heterocycles. The van der Waals surface area contributed by atoms with Crippen LogP contribution < -0.4 is 0 Å². The Labute approximate surface area is 153 Å². The van der Waals surface area contributed by atoms with Crippen molar-refractivity contribution >= 4 is 28.7 Å². The van der Waals surface area contributed by atoms with Gasteiger partial charge in [-0.1, -0.05) is 28.6 Å². The zero-order valence-electron chi connectivity index (χ0n) is 14.6. The average Bonchev–Trinajstić information content (AvgIpc) is 3.39. The maximum atomic E-state index is 5.18. The second-order valence-electron chi connectivity index (χ2n) is 6.09. The molecule has 5 aromatic rings. The summed E-state index contributed by atoms with van der Waals surface area (Å²) in [7, 11) is 1.84. The van der Waals surface area contributed by atoms with Gasteiger partial charge in [-0.2, -0.15) is 9.61 Å². The number of rotatable bonds is 3. The predicted molar refractivity (Wildman–Crippen MR) is 98.5 cm³/mol. The molecule has 27 heavy (non-hydrogen) atoms. The normalized spacial score (nSPS) is 11.9. The summed E-state index contributed by atoms with van der Waals surface area (Å²) in [5.41, 5.74) is 3.47. The summed E-state index contributed by atoms with van der Waals surface area (Å²) in [6.45, 7) is 1.83. The first kappa shape index (κ1) is 15.4. The lowest BCUT2D eigenvalue weighted by Crippen LogP contribution is -1.97. The van der Waals surface area contributed by atoms with Gasteiger partial charge in [0.2, 0.25) is 0 Å². The number of hydrogen-bond donors (Lipinski definition) is 0. The van der Waals surface area contributed by atoms with E-state index in [-0.39, 0.29) is 0 Å². The van der Waals surface area contributed by atoms with Crippen molar-refractivity contribution in [3.05, 3.63) is 53.9 Å². The number of nitrogens with zero attached hydrogens (tertiary/aromatic N) is 8. The fourth-order valence-electron chi connectivity index (χ4n) is 2.97. The van der Waals surface area contributed by atoms with Gasteiger partial charge in [0.1, 0.15) is 17.8 Å². The van der Waals surface area contributed by atoms with Gasteiger partial charge >= 0.3 is 0 Å². The topological polar surface area (TPSA) is 99.8 Å². The molecule has 0 radical (unpaired) electrons. The highest BCUT2D eigenvalue weighted by Crippen LogP contribution is 2.26. The molecule has 0 aliphatic carbocycles. The lowest BCUT2D eigenvalue weighted by molar-refractivity contribution is 0.399. The molecule has 9 heteroatoms. The molecular formula is C18H14N8O. The van der Waals surface area contributed by atoms with E-state index in [9.17, 15) is 0 Å². The summed E-state index contributed by atoms with van der Waals surface area (Å²) in [6.07, 6.45) is 5.31. The van der Waals surface area contributed by atoms with Gasteiger partial charge < -0.3 is 4.52 Å². The van der Waals surface area contributed by atoms with Crippen molar-refractivity contribution < 1.29 is 4.52 Å². The van der Waals surface area contributed by atoms with Crippen LogP contribution in [-0.2, 0) is 7.05 Å². The van der Waals surface area contributed by atoms with Gasteiger partial charge in [-0.05, 0) is 25.1 Å². The van der Waals surface area contributed by atoms with Crippen molar-refractivity contribution in [1.82, 2.24) is 39.7 Å². The van der Waals surface area contributed by atoms with Crippen LogP contribution in [0.1, 0.15) is 17.3 Å². The predicted octanol–water partition coefficient (Wildman–Crippen LogP) is 2.54. The molecule has 0 spiro atoms. The van der Waals surface area contributed by atoms with E-state index in [1.807, 2.05) is 56.5 Å². The van der Waals surface area contributed by atoms with E-state index in [0.29, 0.717) is 22.8 Å². The molecule has 0 aliphatic rings. The van der Waals surface area contributed by atoms with Crippen LogP contribution in [0.2, 0.25) is 0 Å². The van der Waals surface area contributed by atoms with E-state index in [0.717, 1.165) is 22.4 Å². The first-order chi connectivity index (χ1) is 13.2. The second-order valence-corrected chi connectivity index (χ2v) is 6.09. The summed E-state index contributed by atoms with van der Waals surface area (Å²) < 4.78 is 8.59. The van der Waals surface area contributed by atoms with Crippen molar-refractivity contribution in [1.29, 1.82) is 0 Å². The van der Waals surface area contributed by atoms with Crippen LogP contribution in [0.3, 0.4) is 0 Å². The van der Waals surface area contributed by atoms with Crippen molar-refractivity contribution in [3.8, 4) is 11.4 Å². The number of aromatic nitrogens is 8. The molecule has 4 heterocycles. The largest absolute Gasteiger partial charge is 0.361 e. The molecule has 0 aliphatic heterocycles. The summed E-state index contributed by atoms with van der Waals surface area (Å²) in [6, 6.07) is 9.72. The van der Waals surface area contributed by atoms with Crippen molar-refractivity contribution in [2.24, 2.45) is 7.05 Å². The molecule has 0 saturated carbocycles. The van der Waals surface area contributed by atoms with E-state index in [2.05, 4.69) is 25.6 Å². The Morgan fingerprint density at radius 1 is 1.15 bits per heavy atom. The first-order valence-electron chi connectivity index (χ1n) is 8.30. The molecule has 5 rings (SSSR count). The van der Waals surface area contributed by atoms with Crippen LogP contribution in [0, 0.1) is 6.92 Å². The Hall–Kier alpha value is -3.88. The van der Waals surface area contributed by atoms with Gasteiger partial charge in [-0.3, -0.25) is 0 Å². The van der Waals surface area contributed by atoms with Gasteiger partial charge in [0.25, 0.3) is 0 Å². The maximum Gasteiger partial charge on any atom is 0.186 e. The van der Waals surface area contributed by atoms with E-state index in [1.54, 1.807) is 9.20 Å². The van der Waals surface area contributed by atoms with Crippen LogP contribution in [0.5, 0.6) is 0 Å². The Kier molecular flexibility index (Phi) is 3.32. The molecule has 0 amide bonds. The SMILES string of the molecule is Cc1cc(-c2nnn3c2nc(/C=C/c2ncnn2C)c2ccccc23)no1. The van der Waals surface area contributed by atoms with Gasteiger partial charge in [0.05, 0.1) is 11.2 Å². The number of hydrogen-bond acceptors (Lipinski definition) is 7. The summed E-state index contributed by atoms with van der Waals surface area (Å²) in [5.74, 6) is 1.44. The van der Waals surface area contributed by atoms with Crippen LogP contribution in [0.25, 0.3) is 40.1 Å². The van der Waals surface area contributed by atoms with Crippen LogP contribution >= 0.6 is 0 Å². The van der Waals surface area contributed by atoms with Crippen LogP contribution in [0.4, 0.5) is 0 Å². The van der Waals surface area contributed by atoms with Gasteiger partial charge in [0.15, 0.2) is 17.2 Å². The summed E-state index contributed by atoms with van der Waals surface area (Å²) in [5, 5.41) is 17.6. The Morgan fingerprint density at radius 2 is 2.04 bits per heavy atom. The number of aryl methyl sites for hydroxylation is 2. The minimum atomic E-state index is 0.575. The van der Waals surface area contributed by atoms with Gasteiger partial charge in [-0.25, -0.2) is 14.6 Å². The second kappa shape index (κ2) is 5.84. The van der Waals surface area contributed by atoms with Gasteiger partial charge in [-0.15, -0.1) is 5.10 Å². The van der Waals surface area contributed by atoms with Crippen LogP contribution in [-0.4, -0.2) is 39.7 Å². The Balaban J connectivity index is 1.76. The van der Waals surface area contributed by atoms with Crippen LogP contribution in [0.15, 0.2) is 41.2 Å². The van der Waals surface area contributed by atoms with E-state index in [1.165, 1.54) is 6.33 Å². The third-order valence-electron chi connectivity index (χ3n) is 4.29. The number of fused-ring (bicyclic) bond motifs is 3. The fraction of sp³-hybridized carbons (Fsp3) is 0.111. The van der Waals surface area contributed by atoms with E-state index in [4.69, 9.17) is 9.51 Å². The highest BCUT2D eigenvalue weighted by molar-refractivity contribution is 5.92. The third kappa shape index (κ3) is 2.48. The van der Waals surface area contributed by atoms with E-state index < -0.39 is 0 Å². The lowest BCUT2D eigenvalue weighted by atomic mass is 10.1. The fourth-order valence-corrected chi connectivity index (χ4v) is 2.97. The number of para-hydroxylation sites is 1. The first-order valence-corrected chi connectivity index (χ1v) is 8.30. The average molecular weight is 358 g/mol. The van der Waals surface area contributed by atoms with Crippen molar-refractivity contribution in [3.63, 3.8) is 0 Å². The molecule has 0 unspecified atom stereocenters. The molecule has 9 nitrogen and oxygen atoms in total. The zero-order chi connectivity index (χ0) is 18.4. The molecule has 0 fully saturated rings. The molecule has 4 aromatic heterocycles. The third-order valence-corrected chi connectivity index (χ3v) is 4.29. The molecule has 0 atom stereocenters. The maximum absolute atomic E-state index is 5.18. The Bertz CT molecular complexity index is 1310. The standard InChI is InChI=1S/C18H14N8O/c1-11-9-14(23-27-11)17-18-21-13(7-8-16-19-10-20-25(16)2)12-5-3-4-6-15(12)26(18)24-22-17/h3-10H,1-2H3/b8-7+. The molecular weight excluding hydrogens is 344 g/mol. The minimum Gasteiger partial charge on any atom is -0.361 e. The monoisotopic (exact) mass is 358 g/mol. The summed E-state index contributed by atoms with van der Waals surface area (Å²) in [4.78, 5) is 9.01. The highest BCUT2D eigenvalue weighted by atomic mass is 16.5. The smallest absolute Gasteiger partial charge is 0.186 e. The quantitative estimate of drug-likeness (QED) is 0.488. The molecule has 1 aromatic carbocycles. The number of benzene rings is 1. The molecule has 0 bridgehead atoms. The molecule has 132 valence electrons. The zero-order valence-corrected chi connectivity index (χ0v) is 14.6. The summed E-state index contributed by atoms with van der Waals surface area (Å²) >= 11 is 0. The van der Waals surface area contributed by atoms with E-state index >= 15 is 0 Å². The van der Waals surface area contributed by atoms with Crippen molar-refractivity contribution in [2.45, 2.75) is 6.92 Å². The Morgan fingerprint density at radius 3 is 2.81 bits per heavy atom. The molecule has 0 N–H and O–H groups in total. The van der Waals surface area contributed by atoms with Gasteiger partial charge in [0, 0.05) is 18.5 Å². The van der Waals surface area contributed by atoms with Crippen molar-refractivity contribution in [2.75, 3.05) is 0 Å². The lowest BCUT2D eigenvalue weighted by Gasteiger charge is -2.04.